The van der Waals surface area contributed by atoms with Crippen molar-refractivity contribution in [2.24, 2.45) is 0 Å². The van der Waals surface area contributed by atoms with E-state index >= 15 is 0 Å². The second-order valence-corrected chi connectivity index (χ2v) is 4.25. The minimum atomic E-state index is -0.980. The number of anilines is 1. The summed E-state index contributed by atoms with van der Waals surface area (Å²) in [5.41, 5.74) is 7.52. The van der Waals surface area contributed by atoms with Crippen molar-refractivity contribution in [2.45, 2.75) is 18.4 Å². The molecule has 1 atom stereocenters. The van der Waals surface area contributed by atoms with Crippen molar-refractivity contribution in [1.29, 1.82) is 0 Å². The molecule has 1 aliphatic rings. The number of benzene rings is 1. The molecule has 0 saturated carbocycles. The Labute approximate surface area is 93.5 Å². The maximum absolute atomic E-state index is 10.7. The van der Waals surface area contributed by atoms with Crippen LogP contribution in [0.25, 0.3) is 0 Å². The van der Waals surface area contributed by atoms with Crippen LogP contribution in [0.15, 0.2) is 41.0 Å². The zero-order valence-electron chi connectivity index (χ0n) is 8.81. The molecule has 1 heterocycles. The van der Waals surface area contributed by atoms with Crippen LogP contribution in [0.3, 0.4) is 0 Å². The minimum Gasteiger partial charge on any atom is -0.466 e. The highest BCUT2D eigenvalue weighted by atomic mass is 16.4. The number of nitrogens with two attached hydrogens (primary N) is 1. The first-order valence-corrected chi connectivity index (χ1v) is 5.35. The van der Waals surface area contributed by atoms with Crippen molar-refractivity contribution in [3.63, 3.8) is 0 Å². The van der Waals surface area contributed by atoms with E-state index in [4.69, 9.17) is 10.2 Å². The van der Waals surface area contributed by atoms with E-state index in [2.05, 4.69) is 0 Å². The van der Waals surface area contributed by atoms with Crippen LogP contribution in [-0.4, -0.2) is 5.11 Å². The normalized spacial score (nSPS) is 23.3. The number of nitrogen functional groups attached to an aromatic ring is 1. The summed E-state index contributed by atoms with van der Waals surface area (Å²) in [6.07, 6.45) is 3.07. The molecule has 1 aliphatic carbocycles. The van der Waals surface area contributed by atoms with Crippen molar-refractivity contribution >= 4 is 5.69 Å². The number of fused-ring (bicyclic) bond motifs is 1. The molecule has 0 fully saturated rings. The Bertz CT molecular complexity index is 519. The Balaban J connectivity index is 2.15. The smallest absolute Gasteiger partial charge is 0.148 e. The first-order valence-electron chi connectivity index (χ1n) is 5.35. The van der Waals surface area contributed by atoms with Crippen LogP contribution in [0.4, 0.5) is 5.69 Å². The number of aryl methyl sites for hydroxylation is 1. The summed E-state index contributed by atoms with van der Waals surface area (Å²) in [7, 11) is 0. The average Bonchev–Trinajstić information content (AvgIpc) is 2.87. The predicted octanol–water partition coefficient (Wildman–Crippen LogP) is 2.04. The topological polar surface area (TPSA) is 59.4 Å². The molecule has 3 N–H and O–H groups in total. The molecule has 0 spiro atoms. The number of hydrogen-bond acceptors (Lipinski definition) is 3. The second kappa shape index (κ2) is 3.12. The van der Waals surface area contributed by atoms with Gasteiger partial charge in [0.15, 0.2) is 0 Å². The Morgan fingerprint density at radius 1 is 1.31 bits per heavy atom. The lowest BCUT2D eigenvalue weighted by Crippen LogP contribution is -2.22. The fourth-order valence-electron chi connectivity index (χ4n) is 2.44. The van der Waals surface area contributed by atoms with Crippen LogP contribution in [0.2, 0.25) is 0 Å². The van der Waals surface area contributed by atoms with Gasteiger partial charge in [-0.25, -0.2) is 0 Å². The molecule has 0 radical (unpaired) electrons. The van der Waals surface area contributed by atoms with Gasteiger partial charge < -0.3 is 15.3 Å². The van der Waals surface area contributed by atoms with Crippen LogP contribution < -0.4 is 5.73 Å². The second-order valence-electron chi connectivity index (χ2n) is 4.25. The SMILES string of the molecule is Nc1ccc2c(c1)CCC2(O)c1ccco1. The van der Waals surface area contributed by atoms with Crippen molar-refractivity contribution < 1.29 is 9.52 Å². The number of rotatable bonds is 1. The first kappa shape index (κ1) is 9.48. The number of hydrogen-bond donors (Lipinski definition) is 2. The van der Waals surface area contributed by atoms with Crippen LogP contribution >= 0.6 is 0 Å². The lowest BCUT2D eigenvalue weighted by Gasteiger charge is -2.21. The molecule has 1 unspecified atom stereocenters. The zero-order chi connectivity index (χ0) is 11.2. The Morgan fingerprint density at radius 3 is 2.94 bits per heavy atom. The Kier molecular flexibility index (Phi) is 1.85. The first-order chi connectivity index (χ1) is 7.70. The maximum Gasteiger partial charge on any atom is 0.148 e. The van der Waals surface area contributed by atoms with Gasteiger partial charge in [-0.1, -0.05) is 6.07 Å². The summed E-state index contributed by atoms with van der Waals surface area (Å²) in [5, 5.41) is 10.7. The molecule has 1 aromatic carbocycles. The molecule has 0 amide bonds. The van der Waals surface area contributed by atoms with Crippen LogP contribution in [-0.2, 0) is 12.0 Å². The van der Waals surface area contributed by atoms with E-state index < -0.39 is 5.60 Å². The van der Waals surface area contributed by atoms with Crippen LogP contribution in [0.5, 0.6) is 0 Å². The van der Waals surface area contributed by atoms with E-state index in [0.717, 1.165) is 23.2 Å². The molecule has 2 aromatic rings. The monoisotopic (exact) mass is 215 g/mol. The predicted molar refractivity (Wildman–Crippen MR) is 60.9 cm³/mol. The average molecular weight is 215 g/mol. The van der Waals surface area contributed by atoms with Gasteiger partial charge in [0.1, 0.15) is 11.4 Å². The standard InChI is InChI=1S/C13H13NO2/c14-10-3-4-11-9(8-10)5-6-13(11,15)12-2-1-7-16-12/h1-4,7-8,15H,5-6,14H2. The molecular formula is C13H13NO2. The third-order valence-corrected chi connectivity index (χ3v) is 3.26. The van der Waals surface area contributed by atoms with Crippen LogP contribution in [0, 0.1) is 0 Å². The van der Waals surface area contributed by atoms with Gasteiger partial charge in [0.05, 0.1) is 6.26 Å². The third-order valence-electron chi connectivity index (χ3n) is 3.26. The van der Waals surface area contributed by atoms with Crippen molar-refractivity contribution in [3.05, 3.63) is 53.5 Å². The van der Waals surface area contributed by atoms with Gasteiger partial charge >= 0.3 is 0 Å². The van der Waals surface area contributed by atoms with Gasteiger partial charge in [-0.2, -0.15) is 0 Å². The summed E-state index contributed by atoms with van der Waals surface area (Å²) in [4.78, 5) is 0. The highest BCUT2D eigenvalue weighted by molar-refractivity contribution is 5.51. The molecule has 82 valence electrons. The minimum absolute atomic E-state index is 0.607. The largest absolute Gasteiger partial charge is 0.466 e. The number of aliphatic hydroxyl groups is 1. The lowest BCUT2D eigenvalue weighted by molar-refractivity contribution is 0.0587. The van der Waals surface area contributed by atoms with Gasteiger partial charge in [-0.05, 0) is 48.2 Å². The Hall–Kier alpha value is -1.74. The van der Waals surface area contributed by atoms with Crippen molar-refractivity contribution in [3.8, 4) is 0 Å². The van der Waals surface area contributed by atoms with E-state index in [1.807, 2.05) is 24.3 Å². The highest BCUT2D eigenvalue weighted by Gasteiger charge is 2.40. The summed E-state index contributed by atoms with van der Waals surface area (Å²) in [6, 6.07) is 9.24. The van der Waals surface area contributed by atoms with Gasteiger partial charge in [0, 0.05) is 5.69 Å². The molecule has 0 bridgehead atoms. The van der Waals surface area contributed by atoms with Crippen LogP contribution in [0.1, 0.15) is 23.3 Å². The van der Waals surface area contributed by atoms with Gasteiger partial charge in [-0.15, -0.1) is 0 Å². The van der Waals surface area contributed by atoms with E-state index in [9.17, 15) is 5.11 Å². The molecule has 0 aliphatic heterocycles. The van der Waals surface area contributed by atoms with Gasteiger partial charge in [-0.3, -0.25) is 0 Å². The van der Waals surface area contributed by atoms with Gasteiger partial charge in [0.25, 0.3) is 0 Å². The molecule has 3 heteroatoms. The molecule has 0 saturated heterocycles. The third kappa shape index (κ3) is 1.18. The summed E-state index contributed by atoms with van der Waals surface area (Å²) >= 11 is 0. The quantitative estimate of drug-likeness (QED) is 0.716. The Morgan fingerprint density at radius 2 is 2.19 bits per heavy atom. The van der Waals surface area contributed by atoms with E-state index in [1.54, 1.807) is 12.3 Å². The van der Waals surface area contributed by atoms with E-state index in [1.165, 1.54) is 0 Å². The molecular weight excluding hydrogens is 202 g/mol. The number of furan rings is 1. The summed E-state index contributed by atoms with van der Waals surface area (Å²) in [5.74, 6) is 0.607. The molecule has 16 heavy (non-hydrogen) atoms. The molecule has 1 aromatic heterocycles. The fraction of sp³-hybridized carbons (Fsp3) is 0.231. The van der Waals surface area contributed by atoms with Crippen molar-refractivity contribution in [2.75, 3.05) is 5.73 Å². The van der Waals surface area contributed by atoms with Crippen molar-refractivity contribution in [1.82, 2.24) is 0 Å². The maximum atomic E-state index is 10.7. The molecule has 3 rings (SSSR count). The zero-order valence-corrected chi connectivity index (χ0v) is 8.81. The fourth-order valence-corrected chi connectivity index (χ4v) is 2.44. The van der Waals surface area contributed by atoms with E-state index in [0.29, 0.717) is 12.2 Å². The summed E-state index contributed by atoms with van der Waals surface area (Å²) < 4.78 is 5.33. The highest BCUT2D eigenvalue weighted by Crippen LogP contribution is 2.42. The van der Waals surface area contributed by atoms with Gasteiger partial charge in [0.2, 0.25) is 0 Å². The van der Waals surface area contributed by atoms with E-state index in [-0.39, 0.29) is 0 Å². The molecule has 3 nitrogen and oxygen atoms in total. The lowest BCUT2D eigenvalue weighted by atomic mass is 9.93. The summed E-state index contributed by atoms with van der Waals surface area (Å²) in [6.45, 7) is 0.